The van der Waals surface area contributed by atoms with Crippen molar-refractivity contribution in [1.29, 1.82) is 0 Å². The maximum Gasteiger partial charge on any atom is 0.217 e. The molecule has 0 aromatic heterocycles. The van der Waals surface area contributed by atoms with Crippen LogP contribution >= 0.6 is 0 Å². The van der Waals surface area contributed by atoms with Crippen molar-refractivity contribution < 1.29 is 0 Å². The van der Waals surface area contributed by atoms with Gasteiger partial charge in [0.25, 0.3) is 0 Å². The Morgan fingerprint density at radius 1 is 0.676 bits per heavy atom. The van der Waals surface area contributed by atoms with Gasteiger partial charge in [-0.15, -0.1) is 0 Å². The summed E-state index contributed by atoms with van der Waals surface area (Å²) in [6.07, 6.45) is -8.74. The highest BCUT2D eigenvalue weighted by Gasteiger charge is 2.50. The molecular formula is C4H7B27N3. The summed E-state index contributed by atoms with van der Waals surface area (Å²) < 4.78 is 0. The van der Waals surface area contributed by atoms with Gasteiger partial charge < -0.3 is 5.32 Å². The van der Waals surface area contributed by atoms with Crippen LogP contribution in [-0.2, 0) is 0 Å². The van der Waals surface area contributed by atoms with Crippen molar-refractivity contribution in [2.75, 3.05) is 13.6 Å². The molecule has 3 nitrogen and oxygen atoms in total. The van der Waals surface area contributed by atoms with E-state index < -0.39 is 76.6 Å². The quantitative estimate of drug-likeness (QED) is 0.331. The highest BCUT2D eigenvalue weighted by molar-refractivity contribution is 8.25. The van der Waals surface area contributed by atoms with E-state index in [4.69, 9.17) is 108 Å². The fourth-order valence-electron chi connectivity index (χ4n) is 4.43. The van der Waals surface area contributed by atoms with E-state index in [0.29, 0.717) is 0 Å². The molecule has 0 bridgehead atoms. The fraction of sp³-hybridized carbons (Fsp3) is 0.500. The predicted molar refractivity (Wildman–Crippen MR) is 185 cm³/mol. The van der Waals surface area contributed by atoms with Crippen LogP contribution in [0.2, 0.25) is 0 Å². The summed E-state index contributed by atoms with van der Waals surface area (Å²) in [6, 6.07) is 0. The minimum atomic E-state index is -0.994. The molecule has 1 heterocycles. The first-order valence-electron chi connectivity index (χ1n) is 10.8. The van der Waals surface area contributed by atoms with Gasteiger partial charge in [-0.2, -0.15) is 0 Å². The molecule has 0 spiro atoms. The number of rotatable bonds is 12. The molecule has 0 atom stereocenters. The number of guanidine groups is 1. The third kappa shape index (κ3) is 10.7. The summed E-state index contributed by atoms with van der Waals surface area (Å²) in [4.78, 5) is 7.66. The molecule has 0 unspecified atom stereocenters. The van der Waals surface area contributed by atoms with Gasteiger partial charge in [0.05, 0.1) is 6.54 Å². The van der Waals surface area contributed by atoms with Crippen molar-refractivity contribution in [2.45, 2.75) is 0 Å². The molecule has 1 N–H and O–H groups in total. The van der Waals surface area contributed by atoms with Crippen molar-refractivity contribution in [1.82, 2.24) is 5.32 Å². The van der Waals surface area contributed by atoms with Crippen molar-refractivity contribution in [3.05, 3.63) is 0 Å². The zero-order valence-electron chi connectivity index (χ0n) is 19.8. The maximum atomic E-state index is 6.24. The molecule has 29 radical (unpaired) electrons. The van der Waals surface area contributed by atoms with Gasteiger partial charge in [0.15, 0.2) is 0 Å². The average Bonchev–Trinajstić information content (AvgIpc) is 3.23. The van der Waals surface area contributed by atoms with E-state index in [-0.39, 0.29) is 0 Å². The maximum absolute atomic E-state index is 6.24. The second-order valence-electron chi connectivity index (χ2n) is 8.36. The SMILES string of the molecule is CN=C1N=CCN1.[B][B]B([B])B(B(B([B])[B])B([B])[B])B(B(B([B])[B])B([B])[B])B(B([B])[B])B([B])[B]. The van der Waals surface area contributed by atoms with E-state index in [1.807, 2.05) is 0 Å². The molecule has 30 heteroatoms. The third-order valence-corrected chi connectivity index (χ3v) is 5.89. The molecule has 0 fully saturated rings. The van der Waals surface area contributed by atoms with Gasteiger partial charge in [0, 0.05) is 205 Å². The lowest BCUT2D eigenvalue weighted by molar-refractivity contribution is 1.11. The normalized spacial score (nSPS) is 12.2. The van der Waals surface area contributed by atoms with Gasteiger partial charge in [0.2, 0.25) is 5.96 Å². The first-order chi connectivity index (χ1) is 15.7. The van der Waals surface area contributed by atoms with Crippen LogP contribution in [0.15, 0.2) is 9.98 Å². The first kappa shape index (κ1) is 34.9. The van der Waals surface area contributed by atoms with Crippen molar-refractivity contribution in [3.8, 4) is 0 Å². The second-order valence-corrected chi connectivity index (χ2v) is 8.36. The molecule has 0 saturated heterocycles. The largest absolute Gasteiger partial charge is 0.350 e. The molecule has 0 saturated carbocycles. The van der Waals surface area contributed by atoms with E-state index in [0.717, 1.165) is 12.5 Å². The van der Waals surface area contributed by atoms with Gasteiger partial charge in [0.1, 0.15) is 0 Å². The highest BCUT2D eigenvalue weighted by Crippen LogP contribution is 2.12. The minimum Gasteiger partial charge on any atom is -0.350 e. The zero-order chi connectivity index (χ0) is 26.7. The van der Waals surface area contributed by atoms with Gasteiger partial charge >= 0.3 is 0 Å². The average molecular weight is 389 g/mol. The van der Waals surface area contributed by atoms with Crippen LogP contribution in [0.5, 0.6) is 0 Å². The van der Waals surface area contributed by atoms with Crippen LogP contribution in [0.4, 0.5) is 0 Å². The van der Waals surface area contributed by atoms with Gasteiger partial charge in [-0.1, -0.05) is 0 Å². The van der Waals surface area contributed by atoms with Crippen molar-refractivity contribution >= 4 is 204 Å². The van der Waals surface area contributed by atoms with Gasteiger partial charge in [-0.3, -0.25) is 4.99 Å². The molecule has 119 valence electrons. The summed E-state index contributed by atoms with van der Waals surface area (Å²) in [7, 11) is 86.2. The Labute approximate surface area is 232 Å². The Morgan fingerprint density at radius 3 is 1.24 bits per heavy atom. The summed E-state index contributed by atoms with van der Waals surface area (Å²) in [5.41, 5.74) is 0. The molecule has 1 aliphatic heterocycles. The first-order valence-corrected chi connectivity index (χ1v) is 10.8. The Balaban J connectivity index is 0.00000131. The van der Waals surface area contributed by atoms with Crippen LogP contribution in [0.3, 0.4) is 0 Å². The topological polar surface area (TPSA) is 36.8 Å². The molecule has 0 aromatic carbocycles. The third-order valence-electron chi connectivity index (χ3n) is 5.89. The van der Waals surface area contributed by atoms with Crippen molar-refractivity contribution in [3.63, 3.8) is 0 Å². The molecule has 1 aliphatic rings. The molecule has 34 heavy (non-hydrogen) atoms. The Kier molecular flexibility index (Phi) is 17.9. The second kappa shape index (κ2) is 17.4. The lowest BCUT2D eigenvalue weighted by Gasteiger charge is -2.48. The van der Waals surface area contributed by atoms with E-state index in [2.05, 4.69) is 15.3 Å². The number of hydrogen-bond acceptors (Lipinski definition) is 1. The summed E-state index contributed by atoms with van der Waals surface area (Å²) >= 11 is 0. The number of nitrogens with one attached hydrogen (secondary N) is 1. The summed E-state index contributed by atoms with van der Waals surface area (Å²) in [6.45, 7) is 0.826. The Bertz CT molecular complexity index is 556. The number of aliphatic imine (C=N–C) groups is 2. The lowest BCUT2D eigenvalue weighted by atomic mass is 8.33. The van der Waals surface area contributed by atoms with Crippen LogP contribution in [-0.4, -0.2) is 218 Å². The smallest absolute Gasteiger partial charge is 0.217 e. The Hall–Kier alpha value is 0.893. The summed E-state index contributed by atoms with van der Waals surface area (Å²) in [5.74, 6) is 0.736. The monoisotopic (exact) mass is 394 g/mol. The van der Waals surface area contributed by atoms with Gasteiger partial charge in [-0.05, 0) is 0 Å². The number of nitrogens with zero attached hydrogens (tertiary/aromatic N) is 2. The van der Waals surface area contributed by atoms with Crippen LogP contribution < -0.4 is 5.32 Å². The van der Waals surface area contributed by atoms with Gasteiger partial charge in [-0.25, -0.2) is 4.99 Å². The fourth-order valence-corrected chi connectivity index (χ4v) is 4.43. The van der Waals surface area contributed by atoms with E-state index >= 15 is 0 Å². The highest BCUT2D eigenvalue weighted by atomic mass is 15.2. The zero-order valence-corrected chi connectivity index (χ0v) is 19.8. The molecule has 0 aliphatic carbocycles. The molecule has 1 rings (SSSR count). The minimum absolute atomic E-state index is 0.724. The molecule has 0 amide bonds. The van der Waals surface area contributed by atoms with Crippen LogP contribution in [0, 0.1) is 0 Å². The predicted octanol–water partition coefficient (Wildman–Crippen LogP) is -10.6. The van der Waals surface area contributed by atoms with Crippen molar-refractivity contribution in [2.24, 2.45) is 9.98 Å². The summed E-state index contributed by atoms with van der Waals surface area (Å²) in [5, 5.41) is 2.93. The van der Waals surface area contributed by atoms with E-state index in [9.17, 15) is 0 Å². The molecular weight excluding hydrogens is 382 g/mol. The van der Waals surface area contributed by atoms with Crippen LogP contribution in [0.1, 0.15) is 0 Å². The van der Waals surface area contributed by atoms with Crippen LogP contribution in [0.25, 0.3) is 0 Å². The lowest BCUT2D eigenvalue weighted by Crippen LogP contribution is -2.86. The van der Waals surface area contributed by atoms with E-state index in [1.165, 1.54) is 7.06 Å². The number of hydrogen-bond donors (Lipinski definition) is 1. The Morgan fingerprint density at radius 2 is 1.03 bits per heavy atom. The standard InChI is InChI=1S/C4H7N3.B27/c1-5-4-6-2-3-7-4;1-15-22(14)26(23(16(2)3)17(4)5)27(24(18(6)7)19(8)9)25(20(10)11)21(12)13/h2H,3H2,1H3,(H,5,7);. The van der Waals surface area contributed by atoms with E-state index in [1.54, 1.807) is 13.3 Å². The molecule has 0 aromatic rings.